The van der Waals surface area contributed by atoms with E-state index in [2.05, 4.69) is 47.6 Å². The van der Waals surface area contributed by atoms with Gasteiger partial charge in [0, 0.05) is 18.9 Å². The predicted molar refractivity (Wildman–Crippen MR) is 88.0 cm³/mol. The van der Waals surface area contributed by atoms with Gasteiger partial charge in [-0.3, -0.25) is 0 Å². The Morgan fingerprint density at radius 1 is 1.19 bits per heavy atom. The highest BCUT2D eigenvalue weighted by Gasteiger charge is 2.19. The standard InChI is InChI=1S/C17H23N3S/c1-12-5-6-13(2)14(10-12)11-17-20-19-16(21-17)4-3-9-18-15-7-8-15/h5-6,10,15,18H,3-4,7-9,11H2,1-2H3. The van der Waals surface area contributed by atoms with Crippen LogP contribution in [0.15, 0.2) is 18.2 Å². The summed E-state index contributed by atoms with van der Waals surface area (Å²) in [6, 6.07) is 7.42. The maximum Gasteiger partial charge on any atom is 0.121 e. The number of nitrogens with one attached hydrogen (secondary N) is 1. The number of hydrogen-bond acceptors (Lipinski definition) is 4. The van der Waals surface area contributed by atoms with E-state index in [0.29, 0.717) is 0 Å². The van der Waals surface area contributed by atoms with Crippen LogP contribution in [0.1, 0.15) is 46.0 Å². The van der Waals surface area contributed by atoms with Crippen molar-refractivity contribution >= 4 is 11.3 Å². The molecule has 1 heterocycles. The molecule has 1 aliphatic rings. The fraction of sp³-hybridized carbons (Fsp3) is 0.529. The summed E-state index contributed by atoms with van der Waals surface area (Å²) in [5, 5.41) is 14.5. The molecule has 0 bridgehead atoms. The van der Waals surface area contributed by atoms with E-state index < -0.39 is 0 Å². The summed E-state index contributed by atoms with van der Waals surface area (Å²) in [6.45, 7) is 5.41. The molecule has 4 heteroatoms. The van der Waals surface area contributed by atoms with Crippen molar-refractivity contribution in [2.45, 2.75) is 52.0 Å². The number of rotatable bonds is 7. The smallest absolute Gasteiger partial charge is 0.121 e. The van der Waals surface area contributed by atoms with Crippen molar-refractivity contribution in [3.8, 4) is 0 Å². The molecule has 1 aromatic heterocycles. The lowest BCUT2D eigenvalue weighted by Gasteiger charge is -2.04. The fourth-order valence-electron chi connectivity index (χ4n) is 2.45. The van der Waals surface area contributed by atoms with Crippen molar-refractivity contribution in [1.29, 1.82) is 0 Å². The summed E-state index contributed by atoms with van der Waals surface area (Å²) < 4.78 is 0. The molecule has 1 aromatic carbocycles. The Labute approximate surface area is 130 Å². The number of benzene rings is 1. The monoisotopic (exact) mass is 301 g/mol. The second-order valence-electron chi connectivity index (χ2n) is 6.03. The van der Waals surface area contributed by atoms with Crippen LogP contribution >= 0.6 is 11.3 Å². The molecular formula is C17H23N3S. The third-order valence-electron chi connectivity index (χ3n) is 3.93. The molecule has 0 spiro atoms. The minimum Gasteiger partial charge on any atom is -0.314 e. The molecule has 0 unspecified atom stereocenters. The summed E-state index contributed by atoms with van der Waals surface area (Å²) in [7, 11) is 0. The second-order valence-corrected chi connectivity index (χ2v) is 7.17. The molecule has 0 amide bonds. The highest BCUT2D eigenvalue weighted by molar-refractivity contribution is 7.11. The van der Waals surface area contributed by atoms with Crippen LogP contribution in [0.4, 0.5) is 0 Å². The lowest BCUT2D eigenvalue weighted by molar-refractivity contribution is 0.643. The Morgan fingerprint density at radius 2 is 2.00 bits per heavy atom. The summed E-state index contributed by atoms with van der Waals surface area (Å²) >= 11 is 1.77. The molecule has 1 fully saturated rings. The number of hydrogen-bond donors (Lipinski definition) is 1. The van der Waals surface area contributed by atoms with Gasteiger partial charge in [0.1, 0.15) is 10.0 Å². The quantitative estimate of drug-likeness (QED) is 0.796. The van der Waals surface area contributed by atoms with Crippen molar-refractivity contribution < 1.29 is 0 Å². The fourth-order valence-corrected chi connectivity index (χ4v) is 3.36. The first-order chi connectivity index (χ1) is 10.2. The first-order valence-corrected chi connectivity index (χ1v) is 8.63. The van der Waals surface area contributed by atoms with E-state index in [1.807, 2.05) is 0 Å². The molecule has 1 saturated carbocycles. The zero-order valence-corrected chi connectivity index (χ0v) is 13.7. The van der Waals surface area contributed by atoms with E-state index in [1.165, 1.54) is 34.5 Å². The summed E-state index contributed by atoms with van der Waals surface area (Å²) in [5.41, 5.74) is 4.02. The van der Waals surface area contributed by atoms with Gasteiger partial charge in [0.15, 0.2) is 0 Å². The van der Waals surface area contributed by atoms with Gasteiger partial charge in [-0.1, -0.05) is 23.8 Å². The Balaban J connectivity index is 1.52. The van der Waals surface area contributed by atoms with Gasteiger partial charge < -0.3 is 5.32 Å². The van der Waals surface area contributed by atoms with Crippen LogP contribution in [0, 0.1) is 13.8 Å². The van der Waals surface area contributed by atoms with E-state index in [0.717, 1.165) is 36.9 Å². The van der Waals surface area contributed by atoms with E-state index in [1.54, 1.807) is 11.3 Å². The lowest BCUT2D eigenvalue weighted by atomic mass is 10.0. The molecular weight excluding hydrogens is 278 g/mol. The molecule has 112 valence electrons. The Hall–Kier alpha value is -1.26. The van der Waals surface area contributed by atoms with E-state index in [-0.39, 0.29) is 0 Å². The van der Waals surface area contributed by atoms with Crippen LogP contribution in [0.25, 0.3) is 0 Å². The minimum absolute atomic E-state index is 0.805. The maximum atomic E-state index is 4.36. The summed E-state index contributed by atoms with van der Waals surface area (Å²) in [4.78, 5) is 0. The van der Waals surface area contributed by atoms with Gasteiger partial charge in [-0.25, -0.2) is 0 Å². The van der Waals surface area contributed by atoms with E-state index in [4.69, 9.17) is 0 Å². The molecule has 3 rings (SSSR count). The summed E-state index contributed by atoms with van der Waals surface area (Å²) in [5.74, 6) is 0. The average molecular weight is 301 g/mol. The number of aromatic nitrogens is 2. The molecule has 2 aromatic rings. The number of nitrogens with zero attached hydrogens (tertiary/aromatic N) is 2. The van der Waals surface area contributed by atoms with Crippen LogP contribution < -0.4 is 5.32 Å². The Bertz CT molecular complexity index is 602. The average Bonchev–Trinajstić information content (AvgIpc) is 3.19. The van der Waals surface area contributed by atoms with Crippen LogP contribution in [-0.4, -0.2) is 22.8 Å². The second kappa shape index (κ2) is 6.67. The van der Waals surface area contributed by atoms with Crippen molar-refractivity contribution in [1.82, 2.24) is 15.5 Å². The van der Waals surface area contributed by atoms with E-state index in [9.17, 15) is 0 Å². The van der Waals surface area contributed by atoms with E-state index >= 15 is 0 Å². The minimum atomic E-state index is 0.805. The normalized spacial score (nSPS) is 14.6. The third-order valence-corrected chi connectivity index (χ3v) is 4.92. The van der Waals surface area contributed by atoms with Gasteiger partial charge in [-0.15, -0.1) is 21.5 Å². The van der Waals surface area contributed by atoms with Gasteiger partial charge in [-0.05, 0) is 50.8 Å². The zero-order chi connectivity index (χ0) is 14.7. The number of aryl methyl sites for hydroxylation is 3. The SMILES string of the molecule is Cc1ccc(C)c(Cc2nnc(CCCNC3CC3)s2)c1. The van der Waals surface area contributed by atoms with Crippen molar-refractivity contribution in [2.24, 2.45) is 0 Å². The predicted octanol–water partition coefficient (Wildman–Crippen LogP) is 3.43. The molecule has 0 atom stereocenters. The van der Waals surface area contributed by atoms with Crippen LogP contribution in [0.5, 0.6) is 0 Å². The molecule has 1 aliphatic carbocycles. The van der Waals surface area contributed by atoms with Gasteiger partial charge >= 0.3 is 0 Å². The first-order valence-electron chi connectivity index (χ1n) is 7.81. The first kappa shape index (κ1) is 14.7. The largest absolute Gasteiger partial charge is 0.314 e. The molecule has 0 saturated heterocycles. The van der Waals surface area contributed by atoms with Crippen molar-refractivity contribution in [3.05, 3.63) is 44.9 Å². The molecule has 21 heavy (non-hydrogen) atoms. The Kier molecular flexibility index (Phi) is 4.66. The highest BCUT2D eigenvalue weighted by atomic mass is 32.1. The zero-order valence-electron chi connectivity index (χ0n) is 12.9. The van der Waals surface area contributed by atoms with Crippen molar-refractivity contribution in [3.63, 3.8) is 0 Å². The van der Waals surface area contributed by atoms with Crippen LogP contribution in [0.2, 0.25) is 0 Å². The van der Waals surface area contributed by atoms with Gasteiger partial charge in [0.2, 0.25) is 0 Å². The highest BCUT2D eigenvalue weighted by Crippen LogP contribution is 2.20. The molecule has 0 aliphatic heterocycles. The summed E-state index contributed by atoms with van der Waals surface area (Å²) in [6.07, 6.45) is 5.84. The molecule has 1 N–H and O–H groups in total. The van der Waals surface area contributed by atoms with Crippen LogP contribution in [0.3, 0.4) is 0 Å². The molecule has 3 nitrogen and oxygen atoms in total. The van der Waals surface area contributed by atoms with Crippen molar-refractivity contribution in [2.75, 3.05) is 6.54 Å². The van der Waals surface area contributed by atoms with Gasteiger partial charge in [-0.2, -0.15) is 0 Å². The maximum absolute atomic E-state index is 4.36. The van der Waals surface area contributed by atoms with Gasteiger partial charge in [0.25, 0.3) is 0 Å². The third kappa shape index (κ3) is 4.35. The molecule has 0 radical (unpaired) electrons. The van der Waals surface area contributed by atoms with Gasteiger partial charge in [0.05, 0.1) is 0 Å². The Morgan fingerprint density at radius 3 is 2.81 bits per heavy atom. The topological polar surface area (TPSA) is 37.8 Å². The van der Waals surface area contributed by atoms with Crippen LogP contribution in [-0.2, 0) is 12.8 Å². The lowest BCUT2D eigenvalue weighted by Crippen LogP contribution is -2.17.